The molecule has 0 unspecified atom stereocenters. The lowest BCUT2D eigenvalue weighted by atomic mass is 10.1. The molecule has 31 heavy (non-hydrogen) atoms. The molecule has 1 amide bonds. The number of carbonyl (C=O) groups excluding carboxylic acids is 1. The monoisotopic (exact) mass is 445 g/mol. The number of piperidine rings is 1. The molecular formula is C23H28FN3O3S. The number of para-hydroxylation sites is 1. The lowest BCUT2D eigenvalue weighted by molar-refractivity contribution is 0.0746. The topological polar surface area (TPSA) is 60.9 Å². The molecule has 6 nitrogen and oxygen atoms in total. The van der Waals surface area contributed by atoms with Gasteiger partial charge in [-0.3, -0.25) is 4.79 Å². The van der Waals surface area contributed by atoms with E-state index >= 15 is 0 Å². The highest BCUT2D eigenvalue weighted by atomic mass is 32.2. The van der Waals surface area contributed by atoms with Crippen LogP contribution in [0.15, 0.2) is 48.5 Å². The van der Waals surface area contributed by atoms with Crippen LogP contribution in [0.25, 0.3) is 0 Å². The predicted molar refractivity (Wildman–Crippen MR) is 119 cm³/mol. The molecule has 2 aromatic rings. The molecule has 0 aromatic heterocycles. The number of piperazine rings is 1. The van der Waals surface area contributed by atoms with E-state index in [1.165, 1.54) is 6.07 Å². The van der Waals surface area contributed by atoms with Gasteiger partial charge in [-0.25, -0.2) is 17.1 Å². The van der Waals surface area contributed by atoms with Crippen LogP contribution in [0.4, 0.5) is 10.1 Å². The van der Waals surface area contributed by atoms with Gasteiger partial charge in [0.1, 0.15) is 5.82 Å². The number of hydrogen-bond acceptors (Lipinski definition) is 4. The summed E-state index contributed by atoms with van der Waals surface area (Å²) in [7, 11) is -3.32. The van der Waals surface area contributed by atoms with Crippen molar-refractivity contribution in [2.45, 2.75) is 25.0 Å². The van der Waals surface area contributed by atoms with Gasteiger partial charge in [0, 0.05) is 44.8 Å². The van der Waals surface area contributed by atoms with Crippen molar-refractivity contribution in [3.05, 3.63) is 65.5 Å². The van der Waals surface area contributed by atoms with Gasteiger partial charge in [-0.2, -0.15) is 0 Å². The first-order valence-electron chi connectivity index (χ1n) is 10.8. The minimum absolute atomic E-state index is 0.0389. The molecule has 0 atom stereocenters. The molecule has 2 saturated heterocycles. The van der Waals surface area contributed by atoms with Gasteiger partial charge >= 0.3 is 0 Å². The number of carbonyl (C=O) groups is 1. The summed E-state index contributed by atoms with van der Waals surface area (Å²) in [5, 5.41) is 0. The first-order chi connectivity index (χ1) is 14.9. The summed E-state index contributed by atoms with van der Waals surface area (Å²) in [5.74, 6) is -0.376. The molecule has 2 aliphatic heterocycles. The number of rotatable bonds is 5. The summed E-state index contributed by atoms with van der Waals surface area (Å²) in [6, 6.07) is 13.5. The second-order valence-corrected chi connectivity index (χ2v) is 10.1. The van der Waals surface area contributed by atoms with Crippen molar-refractivity contribution in [1.82, 2.24) is 9.21 Å². The normalized spacial score (nSPS) is 18.2. The van der Waals surface area contributed by atoms with E-state index in [0.717, 1.165) is 19.3 Å². The summed E-state index contributed by atoms with van der Waals surface area (Å²) in [5.41, 5.74) is 1.79. The van der Waals surface area contributed by atoms with E-state index in [2.05, 4.69) is 0 Å². The lowest BCUT2D eigenvalue weighted by Crippen LogP contribution is -2.49. The van der Waals surface area contributed by atoms with Gasteiger partial charge in [-0.1, -0.05) is 30.7 Å². The van der Waals surface area contributed by atoms with E-state index < -0.39 is 10.0 Å². The summed E-state index contributed by atoms with van der Waals surface area (Å²) in [4.78, 5) is 16.6. The first kappa shape index (κ1) is 21.8. The van der Waals surface area contributed by atoms with E-state index in [9.17, 15) is 17.6 Å². The predicted octanol–water partition coefficient (Wildman–Crippen LogP) is 3.10. The molecule has 8 heteroatoms. The second-order valence-electron chi connectivity index (χ2n) is 8.14. The zero-order chi connectivity index (χ0) is 21.8. The van der Waals surface area contributed by atoms with Gasteiger partial charge in [0.15, 0.2) is 0 Å². The van der Waals surface area contributed by atoms with Crippen molar-refractivity contribution >= 4 is 21.6 Å². The molecule has 166 valence electrons. The number of benzene rings is 2. The number of halogens is 1. The average Bonchev–Trinajstić information content (AvgIpc) is 2.80. The van der Waals surface area contributed by atoms with Crippen LogP contribution in [0.2, 0.25) is 0 Å². The third kappa shape index (κ3) is 5.07. The van der Waals surface area contributed by atoms with Crippen LogP contribution in [0.5, 0.6) is 0 Å². The number of hydrogen-bond donors (Lipinski definition) is 0. The Labute approximate surface area is 183 Å². The molecule has 2 aromatic carbocycles. The van der Waals surface area contributed by atoms with Crippen LogP contribution in [-0.4, -0.2) is 62.8 Å². The number of sulfonamides is 1. The van der Waals surface area contributed by atoms with Crippen LogP contribution >= 0.6 is 0 Å². The van der Waals surface area contributed by atoms with Crippen molar-refractivity contribution in [3.8, 4) is 0 Å². The average molecular weight is 446 g/mol. The fourth-order valence-corrected chi connectivity index (χ4v) is 5.84. The second kappa shape index (κ2) is 9.36. The Bertz CT molecular complexity index is 1010. The van der Waals surface area contributed by atoms with Crippen molar-refractivity contribution < 1.29 is 17.6 Å². The molecule has 0 saturated carbocycles. The van der Waals surface area contributed by atoms with Crippen molar-refractivity contribution in [3.63, 3.8) is 0 Å². The fraction of sp³-hybridized carbons (Fsp3) is 0.435. The molecule has 0 radical (unpaired) electrons. The first-order valence-corrected chi connectivity index (χ1v) is 12.4. The van der Waals surface area contributed by atoms with Gasteiger partial charge in [0.25, 0.3) is 5.91 Å². The Kier molecular flexibility index (Phi) is 6.57. The largest absolute Gasteiger partial charge is 0.366 e. The molecule has 4 rings (SSSR count). The highest BCUT2D eigenvalue weighted by molar-refractivity contribution is 7.88. The van der Waals surface area contributed by atoms with Crippen molar-refractivity contribution in [2.75, 3.05) is 44.2 Å². The number of nitrogens with zero attached hydrogens (tertiary/aromatic N) is 3. The Morgan fingerprint density at radius 1 is 0.839 bits per heavy atom. The van der Waals surface area contributed by atoms with Crippen molar-refractivity contribution in [2.24, 2.45) is 0 Å². The third-order valence-electron chi connectivity index (χ3n) is 6.02. The zero-order valence-corrected chi connectivity index (χ0v) is 18.4. The SMILES string of the molecule is O=C(c1ccc(CS(=O)(=O)N2CCCCC2)cc1)N1CCN(c2ccccc2F)CC1. The van der Waals surface area contributed by atoms with Gasteiger partial charge in [-0.15, -0.1) is 0 Å². The molecule has 0 bridgehead atoms. The molecule has 2 heterocycles. The molecule has 0 aliphatic carbocycles. The fourth-order valence-electron chi connectivity index (χ4n) is 4.23. The van der Waals surface area contributed by atoms with E-state index in [4.69, 9.17) is 0 Å². The van der Waals surface area contributed by atoms with E-state index in [-0.39, 0.29) is 17.5 Å². The number of anilines is 1. The van der Waals surface area contributed by atoms with Gasteiger partial charge in [0.2, 0.25) is 10.0 Å². The standard InChI is InChI=1S/C23H28FN3O3S/c24-21-6-2-3-7-22(21)25-14-16-26(17-15-25)23(28)20-10-8-19(9-11-20)18-31(29,30)27-12-4-1-5-13-27/h2-3,6-11H,1,4-5,12-18H2. The molecule has 0 N–H and O–H groups in total. The Hall–Kier alpha value is -2.45. The summed E-state index contributed by atoms with van der Waals surface area (Å²) in [6.45, 7) is 3.35. The molecular weight excluding hydrogens is 417 g/mol. The lowest BCUT2D eigenvalue weighted by Gasteiger charge is -2.36. The smallest absolute Gasteiger partial charge is 0.253 e. The van der Waals surface area contributed by atoms with E-state index in [1.54, 1.807) is 45.6 Å². The van der Waals surface area contributed by atoms with Gasteiger partial charge in [0.05, 0.1) is 11.4 Å². The Balaban J connectivity index is 1.35. The maximum absolute atomic E-state index is 14.0. The van der Waals surface area contributed by atoms with Crippen LogP contribution in [0.3, 0.4) is 0 Å². The molecule has 2 aliphatic rings. The quantitative estimate of drug-likeness (QED) is 0.710. The summed E-state index contributed by atoms with van der Waals surface area (Å²) < 4.78 is 40.8. The van der Waals surface area contributed by atoms with E-state index in [0.29, 0.717) is 56.1 Å². The Morgan fingerprint density at radius 3 is 2.13 bits per heavy atom. The van der Waals surface area contributed by atoms with Gasteiger partial charge in [-0.05, 0) is 42.7 Å². The maximum Gasteiger partial charge on any atom is 0.253 e. The molecule has 2 fully saturated rings. The van der Waals surface area contributed by atoms with Crippen molar-refractivity contribution in [1.29, 1.82) is 0 Å². The van der Waals surface area contributed by atoms with Crippen LogP contribution in [-0.2, 0) is 15.8 Å². The van der Waals surface area contributed by atoms with Crippen LogP contribution in [0, 0.1) is 5.82 Å². The third-order valence-corrected chi connectivity index (χ3v) is 7.87. The summed E-state index contributed by atoms with van der Waals surface area (Å²) >= 11 is 0. The zero-order valence-electron chi connectivity index (χ0n) is 17.5. The highest BCUT2D eigenvalue weighted by Crippen LogP contribution is 2.21. The minimum atomic E-state index is -3.32. The van der Waals surface area contributed by atoms with E-state index in [1.807, 2.05) is 11.0 Å². The maximum atomic E-state index is 14.0. The van der Waals surface area contributed by atoms with Crippen LogP contribution < -0.4 is 4.90 Å². The minimum Gasteiger partial charge on any atom is -0.366 e. The Morgan fingerprint density at radius 2 is 1.48 bits per heavy atom. The van der Waals surface area contributed by atoms with Gasteiger partial charge < -0.3 is 9.80 Å². The number of amides is 1. The highest BCUT2D eigenvalue weighted by Gasteiger charge is 2.25. The van der Waals surface area contributed by atoms with Crippen LogP contribution in [0.1, 0.15) is 35.2 Å². The summed E-state index contributed by atoms with van der Waals surface area (Å²) in [6.07, 6.45) is 2.91. The molecule has 0 spiro atoms.